The lowest BCUT2D eigenvalue weighted by Gasteiger charge is -2.22. The van der Waals surface area contributed by atoms with Crippen molar-refractivity contribution in [2.45, 2.75) is 56.5 Å². The average Bonchev–Trinajstić information content (AvgIpc) is 2.34. The van der Waals surface area contributed by atoms with Crippen LogP contribution in [0.5, 0.6) is 0 Å². The van der Waals surface area contributed by atoms with E-state index in [2.05, 4.69) is 20.8 Å². The molecule has 1 saturated carbocycles. The molecule has 0 N–H and O–H groups in total. The predicted octanol–water partition coefficient (Wildman–Crippen LogP) is 2.48. The van der Waals surface area contributed by atoms with Gasteiger partial charge in [-0.05, 0) is 33.6 Å². The van der Waals surface area contributed by atoms with Gasteiger partial charge in [0.1, 0.15) is 0 Å². The van der Waals surface area contributed by atoms with Crippen molar-refractivity contribution in [3.8, 4) is 0 Å². The smallest absolute Gasteiger partial charge is 0.0377 e. The van der Waals surface area contributed by atoms with Crippen molar-refractivity contribution >= 4 is 10.8 Å². The van der Waals surface area contributed by atoms with E-state index in [0.29, 0.717) is 5.25 Å². The number of rotatable bonds is 1. The molecule has 1 atom stereocenters. The summed E-state index contributed by atoms with van der Waals surface area (Å²) in [7, 11) is -0.613. The molecule has 0 spiro atoms. The minimum absolute atomic E-state index is 0.00495. The highest BCUT2D eigenvalue weighted by Gasteiger charge is 2.29. The zero-order valence-electron chi connectivity index (χ0n) is 7.72. The third-order valence-corrected chi connectivity index (χ3v) is 4.49. The van der Waals surface area contributed by atoms with Crippen LogP contribution < -0.4 is 0 Å². The predicted molar refractivity (Wildman–Crippen MR) is 50.2 cm³/mol. The summed E-state index contributed by atoms with van der Waals surface area (Å²) in [5, 5.41) is 0.495. The van der Waals surface area contributed by atoms with E-state index >= 15 is 0 Å². The van der Waals surface area contributed by atoms with Crippen molar-refractivity contribution in [3.05, 3.63) is 0 Å². The van der Waals surface area contributed by atoms with Gasteiger partial charge in [0.25, 0.3) is 0 Å². The molecule has 1 nitrogen and oxygen atoms in total. The van der Waals surface area contributed by atoms with Crippen LogP contribution in [0.2, 0.25) is 0 Å². The van der Waals surface area contributed by atoms with Crippen LogP contribution in [0, 0.1) is 0 Å². The Morgan fingerprint density at radius 1 is 1.18 bits per heavy atom. The molecule has 0 saturated heterocycles. The minimum Gasteiger partial charge on any atom is -0.259 e. The Bertz CT molecular complexity index is 151. The molecule has 0 bridgehead atoms. The average molecular weight is 174 g/mol. The van der Waals surface area contributed by atoms with Crippen LogP contribution in [-0.2, 0) is 10.8 Å². The largest absolute Gasteiger partial charge is 0.259 e. The maximum absolute atomic E-state index is 11.8. The summed E-state index contributed by atoms with van der Waals surface area (Å²) < 4.78 is 11.8. The Morgan fingerprint density at radius 3 is 2.00 bits per heavy atom. The lowest BCUT2D eigenvalue weighted by Crippen LogP contribution is -2.29. The second-order valence-corrected chi connectivity index (χ2v) is 6.80. The van der Waals surface area contributed by atoms with Gasteiger partial charge in [-0.3, -0.25) is 4.21 Å². The summed E-state index contributed by atoms with van der Waals surface area (Å²) >= 11 is 0. The van der Waals surface area contributed by atoms with E-state index < -0.39 is 10.8 Å². The third kappa shape index (κ3) is 2.29. The van der Waals surface area contributed by atoms with Gasteiger partial charge in [0.2, 0.25) is 0 Å². The summed E-state index contributed by atoms with van der Waals surface area (Å²) in [5.41, 5.74) is 0. The van der Waals surface area contributed by atoms with Gasteiger partial charge < -0.3 is 0 Å². The first-order valence-corrected chi connectivity index (χ1v) is 5.64. The van der Waals surface area contributed by atoms with Crippen molar-refractivity contribution in [1.29, 1.82) is 0 Å². The van der Waals surface area contributed by atoms with E-state index in [-0.39, 0.29) is 4.75 Å². The van der Waals surface area contributed by atoms with Gasteiger partial charge in [-0.2, -0.15) is 0 Å². The Morgan fingerprint density at radius 2 is 1.64 bits per heavy atom. The standard InChI is InChI=1S/C9H18OS/c1-9(2,3)11(10)8-6-4-5-7-8/h8H,4-7H2,1-3H3/t11-/m1/s1. The zero-order chi connectivity index (χ0) is 8.48. The minimum atomic E-state index is -0.613. The maximum Gasteiger partial charge on any atom is 0.0377 e. The van der Waals surface area contributed by atoms with Gasteiger partial charge in [0.15, 0.2) is 0 Å². The molecule has 1 aliphatic carbocycles. The van der Waals surface area contributed by atoms with Crippen LogP contribution in [0.25, 0.3) is 0 Å². The molecule has 2 heteroatoms. The molecule has 1 aliphatic rings. The monoisotopic (exact) mass is 174 g/mol. The van der Waals surface area contributed by atoms with Gasteiger partial charge >= 0.3 is 0 Å². The highest BCUT2D eigenvalue weighted by atomic mass is 32.2. The normalized spacial score (nSPS) is 23.9. The molecule has 0 aliphatic heterocycles. The first-order chi connectivity index (χ1) is 5.02. The fourth-order valence-corrected chi connectivity index (χ4v) is 3.36. The molecule has 0 aromatic rings. The molecule has 0 radical (unpaired) electrons. The van der Waals surface area contributed by atoms with Gasteiger partial charge in [0.05, 0.1) is 0 Å². The molecular formula is C9H18OS. The molecule has 1 fully saturated rings. The molecule has 0 heterocycles. The quantitative estimate of drug-likeness (QED) is 0.597. The molecule has 0 amide bonds. The highest BCUT2D eigenvalue weighted by Crippen LogP contribution is 2.28. The Labute approximate surface area is 72.0 Å². The van der Waals surface area contributed by atoms with Crippen LogP contribution in [0.1, 0.15) is 46.5 Å². The number of hydrogen-bond donors (Lipinski definition) is 0. The van der Waals surface area contributed by atoms with E-state index in [0.717, 1.165) is 0 Å². The topological polar surface area (TPSA) is 17.1 Å². The third-order valence-electron chi connectivity index (χ3n) is 2.21. The van der Waals surface area contributed by atoms with Gasteiger partial charge in [-0.15, -0.1) is 0 Å². The fourth-order valence-electron chi connectivity index (χ4n) is 1.60. The van der Waals surface area contributed by atoms with Gasteiger partial charge in [-0.25, -0.2) is 0 Å². The summed E-state index contributed by atoms with van der Waals surface area (Å²) in [4.78, 5) is 0. The van der Waals surface area contributed by atoms with Crippen LogP contribution in [0.15, 0.2) is 0 Å². The van der Waals surface area contributed by atoms with Crippen molar-refractivity contribution in [1.82, 2.24) is 0 Å². The lowest BCUT2D eigenvalue weighted by molar-refractivity contribution is 0.632. The first kappa shape index (κ1) is 9.24. The number of hydrogen-bond acceptors (Lipinski definition) is 1. The van der Waals surface area contributed by atoms with Crippen molar-refractivity contribution in [2.75, 3.05) is 0 Å². The Hall–Kier alpha value is 0.150. The molecule has 0 aromatic heterocycles. The van der Waals surface area contributed by atoms with Crippen molar-refractivity contribution in [2.24, 2.45) is 0 Å². The zero-order valence-corrected chi connectivity index (χ0v) is 8.54. The molecule has 11 heavy (non-hydrogen) atoms. The molecule has 0 aromatic carbocycles. The van der Waals surface area contributed by atoms with Gasteiger partial charge in [0, 0.05) is 20.8 Å². The van der Waals surface area contributed by atoms with E-state index in [1.807, 2.05) is 0 Å². The lowest BCUT2D eigenvalue weighted by atomic mass is 10.3. The fraction of sp³-hybridized carbons (Fsp3) is 1.00. The van der Waals surface area contributed by atoms with Crippen LogP contribution in [-0.4, -0.2) is 14.2 Å². The van der Waals surface area contributed by atoms with Crippen LogP contribution >= 0.6 is 0 Å². The Balaban J connectivity index is 2.53. The molecular weight excluding hydrogens is 156 g/mol. The Kier molecular flexibility index (Phi) is 2.74. The summed E-state index contributed by atoms with van der Waals surface area (Å²) in [6, 6.07) is 0. The van der Waals surface area contributed by atoms with Crippen molar-refractivity contribution < 1.29 is 4.21 Å². The van der Waals surface area contributed by atoms with Crippen LogP contribution in [0.4, 0.5) is 0 Å². The maximum atomic E-state index is 11.8. The SMILES string of the molecule is CC(C)(C)[S@](=O)C1CCCC1. The molecule has 1 rings (SSSR count). The second-order valence-electron chi connectivity index (χ2n) is 4.32. The first-order valence-electron chi connectivity index (χ1n) is 4.42. The summed E-state index contributed by atoms with van der Waals surface area (Å²) in [6.45, 7) is 6.21. The summed E-state index contributed by atoms with van der Waals surface area (Å²) in [6.07, 6.45) is 4.94. The molecule has 66 valence electrons. The van der Waals surface area contributed by atoms with E-state index in [1.165, 1.54) is 25.7 Å². The highest BCUT2D eigenvalue weighted by molar-refractivity contribution is 7.87. The van der Waals surface area contributed by atoms with E-state index in [4.69, 9.17) is 0 Å². The van der Waals surface area contributed by atoms with E-state index in [9.17, 15) is 4.21 Å². The van der Waals surface area contributed by atoms with Crippen molar-refractivity contribution in [3.63, 3.8) is 0 Å². The van der Waals surface area contributed by atoms with Crippen LogP contribution in [0.3, 0.4) is 0 Å². The van der Waals surface area contributed by atoms with Gasteiger partial charge in [-0.1, -0.05) is 12.8 Å². The molecule has 0 unspecified atom stereocenters. The summed E-state index contributed by atoms with van der Waals surface area (Å²) in [5.74, 6) is 0. The van der Waals surface area contributed by atoms with E-state index in [1.54, 1.807) is 0 Å². The second kappa shape index (κ2) is 3.26.